The lowest BCUT2D eigenvalue weighted by Crippen LogP contribution is -2.56. The molecule has 4 atom stereocenters. The molecule has 33 heavy (non-hydrogen) atoms. The minimum absolute atomic E-state index is 0.131. The Morgan fingerprint density at radius 2 is 2.03 bits per heavy atom. The number of carbonyl (C=O) groups is 2. The first-order chi connectivity index (χ1) is 16.1. The molecule has 9 nitrogen and oxygen atoms in total. The molecule has 9 heteroatoms. The van der Waals surface area contributed by atoms with E-state index in [9.17, 15) is 14.7 Å². The van der Waals surface area contributed by atoms with Gasteiger partial charge >= 0.3 is 0 Å². The first-order valence-electron chi connectivity index (χ1n) is 10.9. The van der Waals surface area contributed by atoms with Crippen molar-refractivity contribution in [3.8, 4) is 0 Å². The van der Waals surface area contributed by atoms with Crippen LogP contribution in [0.2, 0.25) is 0 Å². The van der Waals surface area contributed by atoms with E-state index < -0.39 is 12.3 Å². The van der Waals surface area contributed by atoms with Gasteiger partial charge in [-0.2, -0.15) is 0 Å². The monoisotopic (exact) mass is 449 g/mol. The van der Waals surface area contributed by atoms with Crippen LogP contribution in [0.5, 0.6) is 0 Å². The standard InChI is InChI=1S/C24H23N3O6/c1-13(11-28)26-10-20(29)27-21(23(26)30)22(16-9-25-17-5-3-2-4-15(16)17)33-24(27)14-6-7-18-19(8-14)32-12-31-18/h2-9,13,18-19,24-25,28H,10-12H2,1H3. The summed E-state index contributed by atoms with van der Waals surface area (Å²) in [5.74, 6) is -0.284. The lowest BCUT2D eigenvalue weighted by atomic mass is 10.00. The molecule has 2 fully saturated rings. The maximum absolute atomic E-state index is 13.6. The summed E-state index contributed by atoms with van der Waals surface area (Å²) >= 11 is 0. The highest BCUT2D eigenvalue weighted by Crippen LogP contribution is 2.42. The summed E-state index contributed by atoms with van der Waals surface area (Å²) in [6.45, 7) is 1.54. The maximum atomic E-state index is 13.6. The number of ether oxygens (including phenoxy) is 3. The number of aromatic amines is 1. The molecule has 4 aliphatic rings. The first kappa shape index (κ1) is 20.2. The third-order valence-electron chi connectivity index (χ3n) is 6.55. The highest BCUT2D eigenvalue weighted by atomic mass is 16.7. The fraction of sp³-hybridized carbons (Fsp3) is 0.333. The zero-order valence-electron chi connectivity index (χ0n) is 17.9. The van der Waals surface area contributed by atoms with Gasteiger partial charge in [0.2, 0.25) is 12.1 Å². The smallest absolute Gasteiger partial charge is 0.275 e. The molecule has 2 amide bonds. The summed E-state index contributed by atoms with van der Waals surface area (Å²) in [5, 5.41) is 10.5. The predicted molar refractivity (Wildman–Crippen MR) is 117 cm³/mol. The van der Waals surface area contributed by atoms with Gasteiger partial charge in [-0.1, -0.05) is 30.4 Å². The van der Waals surface area contributed by atoms with Gasteiger partial charge < -0.3 is 29.2 Å². The summed E-state index contributed by atoms with van der Waals surface area (Å²) in [6.07, 6.45) is 6.18. The molecule has 2 aromatic rings. The lowest BCUT2D eigenvalue weighted by molar-refractivity contribution is -0.150. The largest absolute Gasteiger partial charge is 0.463 e. The number of nitrogens with one attached hydrogen (secondary N) is 1. The van der Waals surface area contributed by atoms with Crippen molar-refractivity contribution in [2.75, 3.05) is 19.9 Å². The fourth-order valence-electron chi connectivity index (χ4n) is 4.76. The van der Waals surface area contributed by atoms with Crippen LogP contribution in [0.15, 0.2) is 60.0 Å². The Morgan fingerprint density at radius 1 is 1.21 bits per heavy atom. The van der Waals surface area contributed by atoms with Crippen molar-refractivity contribution >= 4 is 28.5 Å². The van der Waals surface area contributed by atoms with Gasteiger partial charge in [0.05, 0.1) is 12.6 Å². The van der Waals surface area contributed by atoms with Gasteiger partial charge in [-0.25, -0.2) is 0 Å². The zero-order valence-corrected chi connectivity index (χ0v) is 17.9. The van der Waals surface area contributed by atoms with E-state index in [2.05, 4.69) is 4.98 Å². The van der Waals surface area contributed by atoms with E-state index in [-0.39, 0.29) is 49.7 Å². The van der Waals surface area contributed by atoms with Crippen molar-refractivity contribution in [1.29, 1.82) is 0 Å². The molecule has 4 heterocycles. The summed E-state index contributed by atoms with van der Waals surface area (Å²) in [6, 6.07) is 7.20. The van der Waals surface area contributed by atoms with Gasteiger partial charge in [0.1, 0.15) is 25.5 Å². The average molecular weight is 449 g/mol. The Labute approximate surface area is 189 Å². The fourth-order valence-corrected chi connectivity index (χ4v) is 4.76. The number of rotatable bonds is 4. The molecule has 0 spiro atoms. The number of amides is 2. The number of benzene rings is 1. The minimum atomic E-state index is -0.798. The summed E-state index contributed by atoms with van der Waals surface area (Å²) < 4.78 is 17.5. The number of hydrogen-bond donors (Lipinski definition) is 2. The Bertz CT molecular complexity index is 1240. The van der Waals surface area contributed by atoms with Crippen molar-refractivity contribution in [2.45, 2.75) is 31.4 Å². The molecular formula is C24H23N3O6. The van der Waals surface area contributed by atoms with Crippen LogP contribution in [0.3, 0.4) is 0 Å². The molecule has 1 aromatic carbocycles. The number of hydrogen-bond acceptors (Lipinski definition) is 6. The summed E-state index contributed by atoms with van der Waals surface area (Å²) in [5.41, 5.74) is 2.50. The second kappa shape index (κ2) is 7.58. The maximum Gasteiger partial charge on any atom is 0.275 e. The zero-order chi connectivity index (χ0) is 22.7. The molecule has 0 saturated carbocycles. The molecule has 3 aliphatic heterocycles. The third-order valence-corrected chi connectivity index (χ3v) is 6.55. The van der Waals surface area contributed by atoms with E-state index in [1.807, 2.05) is 42.5 Å². The van der Waals surface area contributed by atoms with Crippen LogP contribution < -0.4 is 0 Å². The first-order valence-corrected chi connectivity index (χ1v) is 10.9. The van der Waals surface area contributed by atoms with Gasteiger partial charge in [0.15, 0.2) is 11.5 Å². The van der Waals surface area contributed by atoms with Crippen LogP contribution in [0.25, 0.3) is 16.7 Å². The van der Waals surface area contributed by atoms with Crippen molar-refractivity contribution < 1.29 is 28.9 Å². The number of H-pyrrole nitrogens is 1. The summed E-state index contributed by atoms with van der Waals surface area (Å²) in [4.78, 5) is 33.0. The Hall–Kier alpha value is -3.40. The number of aromatic nitrogens is 1. The number of aliphatic hydroxyl groups is 1. The highest BCUT2D eigenvalue weighted by molar-refractivity contribution is 6.10. The molecule has 0 radical (unpaired) electrons. The van der Waals surface area contributed by atoms with Crippen LogP contribution >= 0.6 is 0 Å². The van der Waals surface area contributed by atoms with E-state index in [0.29, 0.717) is 11.3 Å². The molecule has 0 bridgehead atoms. The van der Waals surface area contributed by atoms with Crippen LogP contribution in [-0.4, -0.2) is 76.1 Å². The van der Waals surface area contributed by atoms with E-state index in [1.165, 1.54) is 9.80 Å². The van der Waals surface area contributed by atoms with Crippen molar-refractivity contribution in [2.24, 2.45) is 0 Å². The molecule has 6 rings (SSSR count). The third kappa shape index (κ3) is 3.04. The van der Waals surface area contributed by atoms with Gasteiger partial charge in [0.25, 0.3) is 5.91 Å². The molecule has 1 aromatic heterocycles. The molecule has 1 aliphatic carbocycles. The SMILES string of the molecule is CC(CO)N1CC(=O)N2C(=C(c3c[nH]c4ccccc34)OC2C2=CC3OCOC3C=C2)C1=O. The van der Waals surface area contributed by atoms with Crippen LogP contribution in [0.1, 0.15) is 12.5 Å². The lowest BCUT2D eigenvalue weighted by Gasteiger charge is -2.37. The van der Waals surface area contributed by atoms with E-state index >= 15 is 0 Å². The van der Waals surface area contributed by atoms with Crippen LogP contribution in [0.4, 0.5) is 0 Å². The second-order valence-corrected chi connectivity index (χ2v) is 8.53. The van der Waals surface area contributed by atoms with E-state index in [0.717, 1.165) is 16.5 Å². The number of piperazine rings is 1. The van der Waals surface area contributed by atoms with Crippen LogP contribution in [0, 0.1) is 0 Å². The normalized spacial score (nSPS) is 27.7. The van der Waals surface area contributed by atoms with Gasteiger partial charge in [-0.05, 0) is 19.1 Å². The van der Waals surface area contributed by atoms with Gasteiger partial charge in [-0.3, -0.25) is 14.5 Å². The molecule has 4 unspecified atom stereocenters. The number of nitrogens with zero attached hydrogens (tertiary/aromatic N) is 2. The van der Waals surface area contributed by atoms with Crippen LogP contribution in [-0.2, 0) is 23.8 Å². The van der Waals surface area contributed by atoms with Gasteiger partial charge in [0, 0.05) is 28.2 Å². The van der Waals surface area contributed by atoms with Crippen molar-refractivity contribution in [3.63, 3.8) is 0 Å². The number of carbonyl (C=O) groups excluding carboxylic acids is 2. The van der Waals surface area contributed by atoms with Crippen molar-refractivity contribution in [3.05, 3.63) is 65.5 Å². The topological polar surface area (TPSA) is 104 Å². The number of aliphatic hydroxyl groups excluding tert-OH is 1. The average Bonchev–Trinajstić information content (AvgIpc) is 3.56. The number of fused-ring (bicyclic) bond motifs is 3. The number of para-hydroxylation sites is 1. The predicted octanol–water partition coefficient (Wildman–Crippen LogP) is 1.48. The molecule has 170 valence electrons. The summed E-state index contributed by atoms with van der Waals surface area (Å²) in [7, 11) is 0. The van der Waals surface area contributed by atoms with Gasteiger partial charge in [-0.15, -0.1) is 0 Å². The second-order valence-electron chi connectivity index (χ2n) is 8.53. The van der Waals surface area contributed by atoms with Crippen molar-refractivity contribution in [1.82, 2.24) is 14.8 Å². The van der Waals surface area contributed by atoms with E-state index in [4.69, 9.17) is 14.2 Å². The molecule has 2 N–H and O–H groups in total. The Kier molecular flexibility index (Phi) is 4.65. The quantitative estimate of drug-likeness (QED) is 0.733. The molecular weight excluding hydrogens is 426 g/mol. The van der Waals surface area contributed by atoms with E-state index in [1.54, 1.807) is 13.1 Å². The Balaban J connectivity index is 1.48. The molecule has 2 saturated heterocycles. The minimum Gasteiger partial charge on any atom is -0.463 e. The Morgan fingerprint density at radius 3 is 2.88 bits per heavy atom. The highest BCUT2D eigenvalue weighted by Gasteiger charge is 2.50.